The van der Waals surface area contributed by atoms with Crippen LogP contribution in [0.4, 0.5) is 11.4 Å². The molecule has 0 aromatic heterocycles. The lowest BCUT2D eigenvalue weighted by molar-refractivity contribution is -0.120. The number of nitrogens with zero attached hydrogens (tertiary/aromatic N) is 2. The molecule has 0 bridgehead atoms. The van der Waals surface area contributed by atoms with Crippen LogP contribution in [-0.4, -0.2) is 50.0 Å². The number of nitrogens with one attached hydrogen (secondary N) is 2. The quantitative estimate of drug-likeness (QED) is 0.474. The summed E-state index contributed by atoms with van der Waals surface area (Å²) in [7, 11) is 1.60. The second-order valence-corrected chi connectivity index (χ2v) is 9.07. The highest BCUT2D eigenvalue weighted by atomic mass is 16.5. The van der Waals surface area contributed by atoms with E-state index < -0.39 is 6.04 Å². The smallest absolute Gasteiger partial charge is 0.226 e. The second kappa shape index (κ2) is 12.2. The number of hydrogen-bond donors (Lipinski definition) is 2. The van der Waals surface area contributed by atoms with Gasteiger partial charge in [0.1, 0.15) is 5.75 Å². The fraction of sp³-hybridized carbons (Fsp3) is 0.310. The lowest BCUT2D eigenvalue weighted by Gasteiger charge is -2.36. The molecule has 0 radical (unpaired) electrons. The Hall–Kier alpha value is -3.84. The molecule has 1 fully saturated rings. The van der Waals surface area contributed by atoms with Crippen LogP contribution in [0.1, 0.15) is 30.5 Å². The van der Waals surface area contributed by atoms with Gasteiger partial charge in [-0.3, -0.25) is 14.5 Å². The fourth-order valence-corrected chi connectivity index (χ4v) is 4.49. The van der Waals surface area contributed by atoms with Crippen molar-refractivity contribution >= 4 is 23.2 Å². The summed E-state index contributed by atoms with van der Waals surface area (Å²) >= 11 is 0. The lowest BCUT2D eigenvalue weighted by Crippen LogP contribution is -2.45. The third-order valence-corrected chi connectivity index (χ3v) is 6.42. The Labute approximate surface area is 213 Å². The average Bonchev–Trinajstić information content (AvgIpc) is 2.90. The van der Waals surface area contributed by atoms with Crippen molar-refractivity contribution in [2.75, 3.05) is 43.5 Å². The Morgan fingerprint density at radius 3 is 2.17 bits per heavy atom. The first kappa shape index (κ1) is 25.3. The second-order valence-electron chi connectivity index (χ2n) is 9.07. The molecule has 188 valence electrons. The van der Waals surface area contributed by atoms with Crippen LogP contribution in [-0.2, 0) is 16.1 Å². The number of ether oxygens (including phenoxy) is 1. The summed E-state index contributed by atoms with van der Waals surface area (Å²) in [6, 6.07) is 25.5. The first-order chi connectivity index (χ1) is 17.5. The maximum atomic E-state index is 12.8. The minimum Gasteiger partial charge on any atom is -0.497 e. The maximum absolute atomic E-state index is 12.8. The number of benzene rings is 3. The molecule has 36 heavy (non-hydrogen) atoms. The number of rotatable bonds is 9. The van der Waals surface area contributed by atoms with E-state index in [0.717, 1.165) is 55.4 Å². The van der Waals surface area contributed by atoms with Gasteiger partial charge in [-0.1, -0.05) is 42.5 Å². The largest absolute Gasteiger partial charge is 0.497 e. The average molecular weight is 487 g/mol. The number of carbonyl (C=O) groups excluding carboxylic acids is 2. The standard InChI is InChI=1S/C29H34N4O3/c1-22(34)30-28(24-8-14-27(36-2)15-9-24)20-29(35)31-25-10-12-26(13-11-25)33-18-16-32(17-19-33)21-23-6-4-3-5-7-23/h3-15,28H,16-21H2,1-2H3,(H,30,34)(H,31,35). The van der Waals surface area contributed by atoms with Gasteiger partial charge in [-0.2, -0.15) is 0 Å². The van der Waals surface area contributed by atoms with Crippen molar-refractivity contribution < 1.29 is 14.3 Å². The first-order valence-electron chi connectivity index (χ1n) is 12.3. The third-order valence-electron chi connectivity index (χ3n) is 6.42. The molecule has 0 spiro atoms. The Balaban J connectivity index is 1.29. The van der Waals surface area contributed by atoms with Crippen molar-refractivity contribution in [3.8, 4) is 5.75 Å². The summed E-state index contributed by atoms with van der Waals surface area (Å²) in [6.07, 6.45) is 0.136. The minimum atomic E-state index is -0.417. The van der Waals surface area contributed by atoms with E-state index in [2.05, 4.69) is 62.9 Å². The summed E-state index contributed by atoms with van der Waals surface area (Å²) < 4.78 is 5.20. The van der Waals surface area contributed by atoms with E-state index in [4.69, 9.17) is 4.74 Å². The predicted octanol–water partition coefficient (Wildman–Crippen LogP) is 4.22. The van der Waals surface area contributed by atoms with Gasteiger partial charge >= 0.3 is 0 Å². The molecule has 4 rings (SSSR count). The monoisotopic (exact) mass is 486 g/mol. The molecular weight excluding hydrogens is 452 g/mol. The number of methoxy groups -OCH3 is 1. The molecule has 1 aliphatic heterocycles. The molecule has 7 nitrogen and oxygen atoms in total. The summed E-state index contributed by atoms with van der Waals surface area (Å²) in [5.74, 6) is 0.381. The van der Waals surface area contributed by atoms with Crippen LogP contribution in [0.25, 0.3) is 0 Å². The van der Waals surface area contributed by atoms with Gasteiger partial charge in [0.15, 0.2) is 0 Å². The molecular formula is C29H34N4O3. The molecule has 0 saturated carbocycles. The van der Waals surface area contributed by atoms with Crippen LogP contribution in [0, 0.1) is 0 Å². The number of piperazine rings is 1. The van der Waals surface area contributed by atoms with Crippen LogP contribution in [0.15, 0.2) is 78.9 Å². The molecule has 3 aromatic carbocycles. The van der Waals surface area contributed by atoms with E-state index in [1.165, 1.54) is 12.5 Å². The normalized spacial score (nSPS) is 14.7. The highest BCUT2D eigenvalue weighted by Gasteiger charge is 2.19. The summed E-state index contributed by atoms with van der Waals surface area (Å²) in [5.41, 5.74) is 4.09. The van der Waals surface area contributed by atoms with Gasteiger partial charge in [0.2, 0.25) is 11.8 Å². The molecule has 1 unspecified atom stereocenters. The number of hydrogen-bond acceptors (Lipinski definition) is 5. The molecule has 2 N–H and O–H groups in total. The van der Waals surface area contributed by atoms with Crippen LogP contribution < -0.4 is 20.3 Å². The Morgan fingerprint density at radius 1 is 0.889 bits per heavy atom. The first-order valence-corrected chi connectivity index (χ1v) is 12.3. The van der Waals surface area contributed by atoms with Crippen molar-refractivity contribution in [1.82, 2.24) is 10.2 Å². The molecule has 7 heteroatoms. The summed E-state index contributed by atoms with van der Waals surface area (Å²) in [5, 5.41) is 5.83. The Morgan fingerprint density at radius 2 is 1.56 bits per heavy atom. The van der Waals surface area contributed by atoms with E-state index in [1.807, 2.05) is 36.4 Å². The molecule has 1 atom stereocenters. The van der Waals surface area contributed by atoms with Crippen LogP contribution >= 0.6 is 0 Å². The Bertz CT molecular complexity index is 1130. The van der Waals surface area contributed by atoms with E-state index in [9.17, 15) is 9.59 Å². The van der Waals surface area contributed by atoms with E-state index in [1.54, 1.807) is 7.11 Å². The highest BCUT2D eigenvalue weighted by Crippen LogP contribution is 2.23. The molecule has 2 amide bonds. The summed E-state index contributed by atoms with van der Waals surface area (Å²) in [6.45, 7) is 6.41. The zero-order valence-corrected chi connectivity index (χ0v) is 20.9. The fourth-order valence-electron chi connectivity index (χ4n) is 4.49. The number of amides is 2. The van der Waals surface area contributed by atoms with E-state index in [-0.39, 0.29) is 18.2 Å². The van der Waals surface area contributed by atoms with Gasteiger partial charge in [0, 0.05) is 51.0 Å². The Kier molecular flexibility index (Phi) is 8.57. The highest BCUT2D eigenvalue weighted by molar-refractivity contribution is 5.91. The zero-order chi connectivity index (χ0) is 25.3. The van der Waals surface area contributed by atoms with Gasteiger partial charge in [-0.15, -0.1) is 0 Å². The molecule has 1 heterocycles. The van der Waals surface area contributed by atoms with Crippen LogP contribution in [0.3, 0.4) is 0 Å². The number of anilines is 2. The molecule has 0 aliphatic carbocycles. The summed E-state index contributed by atoms with van der Waals surface area (Å²) in [4.78, 5) is 29.3. The van der Waals surface area contributed by atoms with Gasteiger partial charge in [0.05, 0.1) is 19.6 Å². The van der Waals surface area contributed by atoms with Crippen molar-refractivity contribution in [3.05, 3.63) is 90.0 Å². The maximum Gasteiger partial charge on any atom is 0.226 e. The van der Waals surface area contributed by atoms with Crippen molar-refractivity contribution in [2.45, 2.75) is 25.9 Å². The topological polar surface area (TPSA) is 73.9 Å². The number of carbonyl (C=O) groups is 2. The molecule has 1 aliphatic rings. The minimum absolute atomic E-state index is 0.136. The van der Waals surface area contributed by atoms with Crippen molar-refractivity contribution in [2.24, 2.45) is 0 Å². The molecule has 1 saturated heterocycles. The SMILES string of the molecule is COc1ccc(C(CC(=O)Nc2ccc(N3CCN(Cc4ccccc4)CC3)cc2)NC(C)=O)cc1. The van der Waals surface area contributed by atoms with Gasteiger partial charge in [-0.25, -0.2) is 0 Å². The van der Waals surface area contributed by atoms with E-state index in [0.29, 0.717) is 0 Å². The zero-order valence-electron chi connectivity index (χ0n) is 20.9. The lowest BCUT2D eigenvalue weighted by atomic mass is 10.0. The van der Waals surface area contributed by atoms with Crippen LogP contribution in [0.2, 0.25) is 0 Å². The van der Waals surface area contributed by atoms with E-state index >= 15 is 0 Å². The van der Waals surface area contributed by atoms with Gasteiger partial charge in [-0.05, 0) is 47.5 Å². The third kappa shape index (κ3) is 7.09. The van der Waals surface area contributed by atoms with Crippen LogP contribution in [0.5, 0.6) is 5.75 Å². The van der Waals surface area contributed by atoms with Gasteiger partial charge < -0.3 is 20.3 Å². The molecule has 3 aromatic rings. The van der Waals surface area contributed by atoms with Crippen molar-refractivity contribution in [1.29, 1.82) is 0 Å². The predicted molar refractivity (Wildman–Crippen MR) is 143 cm³/mol. The van der Waals surface area contributed by atoms with Gasteiger partial charge in [0.25, 0.3) is 0 Å². The van der Waals surface area contributed by atoms with Crippen molar-refractivity contribution in [3.63, 3.8) is 0 Å².